The Balaban J connectivity index is 0.00000380. The van der Waals surface area contributed by atoms with Gasteiger partial charge in [0.2, 0.25) is 0 Å². The summed E-state index contributed by atoms with van der Waals surface area (Å²) in [6.07, 6.45) is -0.00929. The van der Waals surface area contributed by atoms with Gasteiger partial charge in [-0.3, -0.25) is 4.79 Å². The van der Waals surface area contributed by atoms with E-state index in [-0.39, 0.29) is 59.3 Å². The molecule has 0 spiro atoms. The fourth-order valence-corrected chi connectivity index (χ4v) is 4.25. The molecule has 3 aromatic carbocycles. The van der Waals surface area contributed by atoms with Crippen LogP contribution in [0.4, 0.5) is 0 Å². The molecule has 4 aromatic rings. The number of Topliss-reactive ketones (excluding diaryl/α,β-unsaturated/α-hetero) is 1. The number of allylic oxidation sites excluding steroid dienone is 1. The zero-order valence-corrected chi connectivity index (χ0v) is 23.3. The number of carboxylic acids is 1. The average molecular weight is 525 g/mol. The summed E-state index contributed by atoms with van der Waals surface area (Å²) in [5, 5.41) is 12.4. The number of aromatic nitrogens is 2. The Kier molecular flexibility index (Phi) is 9.71. The normalized spacial score (nSPS) is 11.3. The predicted octanol–water partition coefficient (Wildman–Crippen LogP) is 0.510. The van der Waals surface area contributed by atoms with Crippen LogP contribution in [0.2, 0.25) is 0 Å². The van der Waals surface area contributed by atoms with E-state index in [9.17, 15) is 19.5 Å². The van der Waals surface area contributed by atoms with Crippen molar-refractivity contribution in [2.75, 3.05) is 13.7 Å². The van der Waals surface area contributed by atoms with Gasteiger partial charge < -0.3 is 19.4 Å². The number of carbonyl (C=O) groups is 3. The summed E-state index contributed by atoms with van der Waals surface area (Å²) in [6, 6.07) is 17.7. The molecule has 0 radical (unpaired) electrons. The Labute approximate surface area is 239 Å². The van der Waals surface area contributed by atoms with Gasteiger partial charge in [0.1, 0.15) is 16.8 Å². The van der Waals surface area contributed by atoms with Crippen LogP contribution < -0.4 is 39.4 Å². The number of aliphatic carboxylic acids is 1. The van der Waals surface area contributed by atoms with Gasteiger partial charge in [-0.05, 0) is 66.6 Å². The van der Waals surface area contributed by atoms with E-state index in [4.69, 9.17) is 9.47 Å². The molecule has 0 amide bonds. The van der Waals surface area contributed by atoms with E-state index in [1.54, 1.807) is 73.7 Å². The van der Waals surface area contributed by atoms with E-state index in [2.05, 4.69) is 8.75 Å². The van der Waals surface area contributed by atoms with Crippen LogP contribution >= 0.6 is 11.7 Å². The van der Waals surface area contributed by atoms with Crippen LogP contribution in [-0.2, 0) is 16.0 Å². The van der Waals surface area contributed by atoms with Crippen molar-refractivity contribution in [1.29, 1.82) is 0 Å². The Bertz CT molecular complexity index is 1460. The van der Waals surface area contributed by atoms with E-state index >= 15 is 0 Å². The molecule has 0 atom stereocenters. The van der Waals surface area contributed by atoms with Crippen LogP contribution in [-0.4, -0.2) is 40.2 Å². The number of rotatable bonds is 9. The minimum Gasteiger partial charge on any atom is -0.545 e. The van der Waals surface area contributed by atoms with Crippen LogP contribution in [0.25, 0.3) is 16.6 Å². The van der Waals surface area contributed by atoms with Crippen molar-refractivity contribution in [1.82, 2.24) is 8.75 Å². The SMILES string of the molecule is CCOC(=O)c1ccc(CC(C(=O)c2ccc(OC)cc2)=C(C(=O)[O-])c2ccc3nsnc3c2)cc1.[Na+]. The predicted molar refractivity (Wildman–Crippen MR) is 133 cm³/mol. The van der Waals surface area contributed by atoms with Gasteiger partial charge in [-0.2, -0.15) is 8.75 Å². The van der Waals surface area contributed by atoms with Crippen molar-refractivity contribution < 1.29 is 58.5 Å². The van der Waals surface area contributed by atoms with Crippen LogP contribution in [0.1, 0.15) is 38.8 Å². The van der Waals surface area contributed by atoms with E-state index in [1.165, 1.54) is 7.11 Å². The van der Waals surface area contributed by atoms with Crippen molar-refractivity contribution in [3.8, 4) is 5.75 Å². The van der Waals surface area contributed by atoms with Gasteiger partial charge in [0, 0.05) is 23.1 Å². The van der Waals surface area contributed by atoms with Gasteiger partial charge in [-0.25, -0.2) is 4.79 Å². The zero-order chi connectivity index (χ0) is 25.7. The monoisotopic (exact) mass is 524 g/mol. The summed E-state index contributed by atoms with van der Waals surface area (Å²) in [6.45, 7) is 1.96. The van der Waals surface area contributed by atoms with E-state index in [0.717, 1.165) is 11.7 Å². The molecule has 0 aliphatic rings. The molecule has 182 valence electrons. The second kappa shape index (κ2) is 12.7. The molecule has 0 saturated heterocycles. The first-order valence-electron chi connectivity index (χ1n) is 11.0. The molecule has 0 bridgehead atoms. The van der Waals surface area contributed by atoms with Crippen LogP contribution in [0.3, 0.4) is 0 Å². The standard InChI is InChI=1S/C27H22N2O6S.Na/c1-3-35-27(33)18-6-4-16(5-7-18)14-21(25(30)17-8-11-20(34-2)12-9-17)24(26(31)32)19-10-13-22-23(15-19)29-36-28-22;/h4-13,15H,3,14H2,1-2H3,(H,31,32);/q;+1/p-1. The van der Waals surface area contributed by atoms with Crippen LogP contribution in [0.5, 0.6) is 5.75 Å². The molecule has 10 heteroatoms. The number of carboxylic acid groups (broad SMARTS) is 1. The Morgan fingerprint density at radius 2 is 1.49 bits per heavy atom. The van der Waals surface area contributed by atoms with Crippen molar-refractivity contribution in [2.24, 2.45) is 0 Å². The van der Waals surface area contributed by atoms with Crippen LogP contribution in [0.15, 0.2) is 72.3 Å². The molecule has 0 N–H and O–H groups in total. The zero-order valence-electron chi connectivity index (χ0n) is 20.5. The number of ketones is 1. The molecule has 0 fully saturated rings. The van der Waals surface area contributed by atoms with Crippen molar-refractivity contribution in [3.05, 3.63) is 94.6 Å². The van der Waals surface area contributed by atoms with Gasteiger partial charge in [0.05, 0.1) is 37.0 Å². The maximum atomic E-state index is 13.7. The fraction of sp³-hybridized carbons (Fsp3) is 0.148. The molecule has 4 rings (SSSR count). The van der Waals surface area contributed by atoms with Gasteiger partial charge in [-0.15, -0.1) is 0 Å². The van der Waals surface area contributed by atoms with E-state index in [1.807, 2.05) is 0 Å². The number of esters is 1. The molecule has 37 heavy (non-hydrogen) atoms. The van der Waals surface area contributed by atoms with Crippen molar-refractivity contribution in [2.45, 2.75) is 13.3 Å². The molecule has 0 aliphatic heterocycles. The second-order valence-corrected chi connectivity index (χ2v) is 8.29. The molecule has 1 aromatic heterocycles. The smallest absolute Gasteiger partial charge is 0.545 e. The summed E-state index contributed by atoms with van der Waals surface area (Å²) >= 11 is 1.01. The van der Waals surface area contributed by atoms with Gasteiger partial charge >= 0.3 is 35.5 Å². The second-order valence-electron chi connectivity index (χ2n) is 7.76. The summed E-state index contributed by atoms with van der Waals surface area (Å²) in [4.78, 5) is 38.1. The van der Waals surface area contributed by atoms with Gasteiger partial charge in [0.15, 0.2) is 5.78 Å². The molecular weight excluding hydrogens is 503 g/mol. The Hall–Kier alpha value is -3.37. The largest absolute Gasteiger partial charge is 1.00 e. The number of nitrogens with zero attached hydrogens (tertiary/aromatic N) is 2. The summed E-state index contributed by atoms with van der Waals surface area (Å²) in [5.41, 5.74) is 2.51. The number of carbonyl (C=O) groups excluding carboxylic acids is 3. The number of methoxy groups -OCH3 is 1. The number of ether oxygens (including phenoxy) is 2. The molecule has 0 unspecified atom stereocenters. The maximum Gasteiger partial charge on any atom is 1.00 e. The number of fused-ring (bicyclic) bond motifs is 1. The Morgan fingerprint density at radius 3 is 2.11 bits per heavy atom. The summed E-state index contributed by atoms with van der Waals surface area (Å²) in [5.74, 6) is -1.86. The minimum atomic E-state index is -1.49. The minimum absolute atomic E-state index is 0. The third-order valence-electron chi connectivity index (χ3n) is 5.52. The molecule has 0 saturated carbocycles. The number of benzene rings is 3. The van der Waals surface area contributed by atoms with Crippen LogP contribution in [0, 0.1) is 0 Å². The molecule has 8 nitrogen and oxygen atoms in total. The van der Waals surface area contributed by atoms with E-state index in [0.29, 0.717) is 33.5 Å². The number of hydrogen-bond donors (Lipinski definition) is 0. The van der Waals surface area contributed by atoms with E-state index < -0.39 is 17.7 Å². The first-order chi connectivity index (χ1) is 17.4. The fourth-order valence-electron chi connectivity index (χ4n) is 3.73. The molecular formula is C27H21N2NaO6S. The third-order valence-corrected chi connectivity index (χ3v) is 6.08. The molecule has 1 heterocycles. The third kappa shape index (κ3) is 6.50. The quantitative estimate of drug-likeness (QED) is 0.135. The summed E-state index contributed by atoms with van der Waals surface area (Å²) < 4.78 is 18.5. The summed E-state index contributed by atoms with van der Waals surface area (Å²) in [7, 11) is 1.51. The molecule has 0 aliphatic carbocycles. The first-order valence-corrected chi connectivity index (χ1v) is 11.8. The maximum absolute atomic E-state index is 13.7. The first kappa shape index (κ1) is 28.2. The van der Waals surface area contributed by atoms with Crippen molar-refractivity contribution >= 4 is 46.1 Å². The number of hydrogen-bond acceptors (Lipinski definition) is 9. The van der Waals surface area contributed by atoms with Gasteiger partial charge in [-0.1, -0.05) is 18.2 Å². The topological polar surface area (TPSA) is 119 Å². The Morgan fingerprint density at radius 1 is 0.865 bits per heavy atom. The average Bonchev–Trinajstić information content (AvgIpc) is 3.36. The van der Waals surface area contributed by atoms with Gasteiger partial charge in [0.25, 0.3) is 0 Å². The van der Waals surface area contributed by atoms with Crippen molar-refractivity contribution in [3.63, 3.8) is 0 Å².